The topological polar surface area (TPSA) is 38.3 Å². The summed E-state index contributed by atoms with van der Waals surface area (Å²) in [6.07, 6.45) is -1.62. The number of carbonyl (C=O) groups is 1. The number of para-hydroxylation sites is 1. The highest BCUT2D eigenvalue weighted by atomic mass is 19.4. The number of ether oxygens (including phenoxy) is 1. The van der Waals surface area contributed by atoms with Crippen LogP contribution in [0.5, 0.6) is 0 Å². The van der Waals surface area contributed by atoms with E-state index in [9.17, 15) is 18.0 Å². The minimum absolute atomic E-state index is 0.208. The molecule has 1 N–H and O–H groups in total. The summed E-state index contributed by atoms with van der Waals surface area (Å²) in [7, 11) is 0. The Morgan fingerprint density at radius 2 is 1.90 bits per heavy atom. The largest absolute Gasteiger partial charge is 0.449 e. The van der Waals surface area contributed by atoms with Crippen LogP contribution in [-0.4, -0.2) is 12.7 Å². The number of amides is 1. The highest BCUT2D eigenvalue weighted by molar-refractivity contribution is 5.85. The third-order valence-electron chi connectivity index (χ3n) is 2.70. The number of hydrogen-bond acceptors (Lipinski definition) is 2. The van der Waals surface area contributed by atoms with Crippen LogP contribution < -0.4 is 5.32 Å². The van der Waals surface area contributed by atoms with Crippen LogP contribution in [0.2, 0.25) is 0 Å². The number of halogens is 3. The van der Waals surface area contributed by atoms with E-state index in [1.54, 1.807) is 0 Å². The number of alkyl halides is 3. The maximum absolute atomic E-state index is 12.7. The highest BCUT2D eigenvalue weighted by Gasteiger charge is 2.33. The third kappa shape index (κ3) is 5.50. The van der Waals surface area contributed by atoms with Crippen LogP contribution in [0.4, 0.5) is 23.7 Å². The Bertz CT molecular complexity index is 433. The molecule has 1 aromatic rings. The molecule has 0 aromatic heterocycles. The van der Waals surface area contributed by atoms with Gasteiger partial charge < -0.3 is 4.74 Å². The molecule has 3 nitrogen and oxygen atoms in total. The van der Waals surface area contributed by atoms with Gasteiger partial charge in [0.1, 0.15) is 0 Å². The number of unbranched alkanes of at least 4 members (excludes halogenated alkanes) is 3. The van der Waals surface area contributed by atoms with Crippen molar-refractivity contribution in [1.29, 1.82) is 0 Å². The zero-order valence-electron chi connectivity index (χ0n) is 11.3. The zero-order chi connectivity index (χ0) is 15.0. The Morgan fingerprint density at radius 3 is 2.55 bits per heavy atom. The second-order valence-electron chi connectivity index (χ2n) is 4.36. The summed E-state index contributed by atoms with van der Waals surface area (Å²) in [5.41, 5.74) is -1.18. The molecular formula is C14H18F3NO2. The van der Waals surface area contributed by atoms with E-state index >= 15 is 0 Å². The van der Waals surface area contributed by atoms with Crippen LogP contribution in [0, 0.1) is 0 Å². The summed E-state index contributed by atoms with van der Waals surface area (Å²) in [6, 6.07) is 4.80. The molecule has 0 aliphatic carbocycles. The first-order valence-corrected chi connectivity index (χ1v) is 6.55. The molecule has 20 heavy (non-hydrogen) atoms. The predicted molar refractivity (Wildman–Crippen MR) is 70.6 cm³/mol. The summed E-state index contributed by atoms with van der Waals surface area (Å²) < 4.78 is 42.9. The van der Waals surface area contributed by atoms with Gasteiger partial charge in [0.15, 0.2) is 0 Å². The van der Waals surface area contributed by atoms with Gasteiger partial charge in [0.2, 0.25) is 0 Å². The molecule has 0 atom stereocenters. The molecule has 0 saturated carbocycles. The van der Waals surface area contributed by atoms with Gasteiger partial charge in [0.05, 0.1) is 17.9 Å². The van der Waals surface area contributed by atoms with Crippen molar-refractivity contribution in [3.63, 3.8) is 0 Å². The number of rotatable bonds is 6. The fraction of sp³-hybridized carbons (Fsp3) is 0.500. The van der Waals surface area contributed by atoms with Crippen molar-refractivity contribution in [3.05, 3.63) is 29.8 Å². The second-order valence-corrected chi connectivity index (χ2v) is 4.36. The number of nitrogens with one attached hydrogen (secondary N) is 1. The van der Waals surface area contributed by atoms with Crippen molar-refractivity contribution in [3.8, 4) is 0 Å². The highest BCUT2D eigenvalue weighted by Crippen LogP contribution is 2.34. The summed E-state index contributed by atoms with van der Waals surface area (Å²) in [5, 5.41) is 2.13. The summed E-state index contributed by atoms with van der Waals surface area (Å²) in [6.45, 7) is 2.27. The molecular weight excluding hydrogens is 271 g/mol. The van der Waals surface area contributed by atoms with Crippen LogP contribution in [0.25, 0.3) is 0 Å². The molecule has 0 spiro atoms. The van der Waals surface area contributed by atoms with E-state index in [0.29, 0.717) is 6.42 Å². The van der Waals surface area contributed by atoms with Crippen molar-refractivity contribution in [2.24, 2.45) is 0 Å². The number of carbonyl (C=O) groups excluding carboxylic acids is 1. The fourth-order valence-electron chi connectivity index (χ4n) is 1.68. The van der Waals surface area contributed by atoms with Gasteiger partial charge in [-0.3, -0.25) is 5.32 Å². The third-order valence-corrected chi connectivity index (χ3v) is 2.70. The fourth-order valence-corrected chi connectivity index (χ4v) is 1.68. The van der Waals surface area contributed by atoms with Crippen molar-refractivity contribution in [2.75, 3.05) is 11.9 Å². The van der Waals surface area contributed by atoms with Crippen molar-refractivity contribution in [2.45, 2.75) is 38.8 Å². The second kappa shape index (κ2) is 7.77. The average Bonchev–Trinajstić information content (AvgIpc) is 2.38. The van der Waals surface area contributed by atoms with Gasteiger partial charge in [-0.2, -0.15) is 13.2 Å². The van der Waals surface area contributed by atoms with Crippen molar-refractivity contribution >= 4 is 11.8 Å². The monoisotopic (exact) mass is 289 g/mol. The Labute approximate surface area is 116 Å². The minimum atomic E-state index is -4.51. The lowest BCUT2D eigenvalue weighted by atomic mass is 10.2. The first kappa shape index (κ1) is 16.3. The summed E-state index contributed by atoms with van der Waals surface area (Å²) >= 11 is 0. The smallest absolute Gasteiger partial charge is 0.418 e. The molecule has 0 radical (unpaired) electrons. The number of anilines is 1. The molecule has 1 rings (SSSR count). The summed E-state index contributed by atoms with van der Waals surface area (Å²) in [5.74, 6) is 0. The lowest BCUT2D eigenvalue weighted by Gasteiger charge is -2.13. The normalized spacial score (nSPS) is 11.2. The van der Waals surface area contributed by atoms with E-state index in [4.69, 9.17) is 4.74 Å². The van der Waals surface area contributed by atoms with Crippen LogP contribution >= 0.6 is 0 Å². The molecule has 112 valence electrons. The molecule has 0 aliphatic rings. The predicted octanol–water partition coefficient (Wildman–Crippen LogP) is 4.83. The van der Waals surface area contributed by atoms with Gasteiger partial charge in [0.25, 0.3) is 0 Å². The van der Waals surface area contributed by atoms with Crippen molar-refractivity contribution < 1.29 is 22.7 Å². The first-order valence-electron chi connectivity index (χ1n) is 6.55. The van der Waals surface area contributed by atoms with Gasteiger partial charge in [-0.25, -0.2) is 4.79 Å². The van der Waals surface area contributed by atoms with E-state index < -0.39 is 17.8 Å². The SMILES string of the molecule is CCCCCCOC(=O)Nc1ccccc1C(F)(F)F. The standard InChI is InChI=1S/C14H18F3NO2/c1-2-3-4-7-10-20-13(19)18-12-9-6-5-8-11(12)14(15,16)17/h5-6,8-9H,2-4,7,10H2,1H3,(H,18,19). The average molecular weight is 289 g/mol. The van der Waals surface area contributed by atoms with Crippen LogP contribution in [-0.2, 0) is 10.9 Å². The summed E-state index contributed by atoms with van der Waals surface area (Å²) in [4.78, 5) is 11.4. The van der Waals surface area contributed by atoms with E-state index in [2.05, 4.69) is 12.2 Å². The number of benzene rings is 1. The molecule has 1 amide bonds. The maximum Gasteiger partial charge on any atom is 0.418 e. The molecule has 6 heteroatoms. The molecule has 0 aliphatic heterocycles. The van der Waals surface area contributed by atoms with Crippen LogP contribution in [0.3, 0.4) is 0 Å². The van der Waals surface area contributed by atoms with E-state index in [1.165, 1.54) is 18.2 Å². The lowest BCUT2D eigenvalue weighted by Crippen LogP contribution is -2.18. The van der Waals surface area contributed by atoms with E-state index in [1.807, 2.05) is 0 Å². The molecule has 1 aromatic carbocycles. The van der Waals surface area contributed by atoms with Gasteiger partial charge >= 0.3 is 12.3 Å². The van der Waals surface area contributed by atoms with E-state index in [0.717, 1.165) is 25.3 Å². The number of hydrogen-bond donors (Lipinski definition) is 1. The molecule has 0 bridgehead atoms. The molecule has 0 saturated heterocycles. The van der Waals surface area contributed by atoms with E-state index in [-0.39, 0.29) is 12.3 Å². The lowest BCUT2D eigenvalue weighted by molar-refractivity contribution is -0.136. The Hall–Kier alpha value is -1.72. The van der Waals surface area contributed by atoms with Gasteiger partial charge in [-0.05, 0) is 18.6 Å². The quantitative estimate of drug-likeness (QED) is 0.761. The van der Waals surface area contributed by atoms with Crippen LogP contribution in [0.15, 0.2) is 24.3 Å². The van der Waals surface area contributed by atoms with Gasteiger partial charge in [0, 0.05) is 0 Å². The Morgan fingerprint density at radius 1 is 1.20 bits per heavy atom. The van der Waals surface area contributed by atoms with Crippen molar-refractivity contribution in [1.82, 2.24) is 0 Å². The minimum Gasteiger partial charge on any atom is -0.449 e. The molecule has 0 heterocycles. The van der Waals surface area contributed by atoms with Gasteiger partial charge in [-0.1, -0.05) is 38.3 Å². The molecule has 0 unspecified atom stereocenters. The Balaban J connectivity index is 2.50. The van der Waals surface area contributed by atoms with Crippen LogP contribution in [0.1, 0.15) is 38.2 Å². The Kier molecular flexibility index (Phi) is 6.35. The maximum atomic E-state index is 12.7. The van der Waals surface area contributed by atoms with Gasteiger partial charge in [-0.15, -0.1) is 0 Å². The first-order chi connectivity index (χ1) is 9.45. The molecule has 0 fully saturated rings. The zero-order valence-corrected chi connectivity index (χ0v) is 11.3.